The normalized spacial score (nSPS) is 23.3. The maximum absolute atomic E-state index is 11.2. The van der Waals surface area contributed by atoms with Crippen LogP contribution in [0.3, 0.4) is 0 Å². The molecule has 0 saturated heterocycles. The summed E-state index contributed by atoms with van der Waals surface area (Å²) >= 11 is 0. The van der Waals surface area contributed by atoms with E-state index in [0.29, 0.717) is 13.0 Å². The van der Waals surface area contributed by atoms with Crippen molar-refractivity contribution in [3.63, 3.8) is 0 Å². The maximum Gasteiger partial charge on any atom is 0.305 e. The Morgan fingerprint density at radius 2 is 1.58 bits per heavy atom. The molecule has 0 amide bonds. The molecule has 1 fully saturated rings. The third kappa shape index (κ3) is 7.59. The minimum atomic E-state index is -0.0254. The van der Waals surface area contributed by atoms with E-state index in [2.05, 4.69) is 6.92 Å². The molecule has 0 heterocycles. The quantitative estimate of drug-likeness (QED) is 0.429. The zero-order valence-electron chi connectivity index (χ0n) is 13.0. The number of rotatable bonds is 9. The number of carbonyl (C=O) groups excluding carboxylic acids is 1. The SMILES string of the molecule is CCCC1CCC(CCCCCC(=O)OCC)CC1. The van der Waals surface area contributed by atoms with Gasteiger partial charge in [0.2, 0.25) is 0 Å². The molecule has 0 radical (unpaired) electrons. The summed E-state index contributed by atoms with van der Waals surface area (Å²) in [5.41, 5.74) is 0. The molecule has 0 aromatic rings. The Morgan fingerprint density at radius 1 is 0.947 bits per heavy atom. The Labute approximate surface area is 119 Å². The fraction of sp³-hybridized carbons (Fsp3) is 0.941. The van der Waals surface area contributed by atoms with Crippen LogP contribution in [-0.4, -0.2) is 12.6 Å². The highest BCUT2D eigenvalue weighted by molar-refractivity contribution is 5.69. The van der Waals surface area contributed by atoms with Crippen molar-refractivity contribution in [3.05, 3.63) is 0 Å². The first-order valence-corrected chi connectivity index (χ1v) is 8.41. The summed E-state index contributed by atoms with van der Waals surface area (Å²) in [5, 5.41) is 0. The Morgan fingerprint density at radius 3 is 2.16 bits per heavy atom. The number of hydrogen-bond acceptors (Lipinski definition) is 2. The van der Waals surface area contributed by atoms with E-state index in [1.165, 1.54) is 57.8 Å². The lowest BCUT2D eigenvalue weighted by molar-refractivity contribution is -0.143. The predicted octanol–water partition coefficient (Wildman–Crippen LogP) is 5.11. The molecule has 0 N–H and O–H groups in total. The van der Waals surface area contributed by atoms with Crippen molar-refractivity contribution >= 4 is 5.97 Å². The summed E-state index contributed by atoms with van der Waals surface area (Å²) in [5.74, 6) is 1.96. The van der Waals surface area contributed by atoms with E-state index in [0.717, 1.165) is 18.3 Å². The minimum Gasteiger partial charge on any atom is -0.466 e. The summed E-state index contributed by atoms with van der Waals surface area (Å²) in [4.78, 5) is 11.2. The molecular weight excluding hydrogens is 236 g/mol. The standard InChI is InChI=1S/C17H32O2/c1-3-8-15-11-13-16(14-12-15)9-6-5-7-10-17(18)19-4-2/h15-16H,3-14H2,1-2H3. The lowest BCUT2D eigenvalue weighted by Crippen LogP contribution is -2.14. The van der Waals surface area contributed by atoms with Crippen molar-refractivity contribution in [3.8, 4) is 0 Å². The van der Waals surface area contributed by atoms with Crippen LogP contribution in [0.2, 0.25) is 0 Å². The van der Waals surface area contributed by atoms with Crippen molar-refractivity contribution in [1.82, 2.24) is 0 Å². The molecule has 0 aliphatic heterocycles. The van der Waals surface area contributed by atoms with Crippen molar-refractivity contribution in [2.45, 2.75) is 84.5 Å². The maximum atomic E-state index is 11.2. The van der Waals surface area contributed by atoms with E-state index >= 15 is 0 Å². The molecule has 0 bridgehead atoms. The molecule has 1 aliphatic rings. The zero-order valence-corrected chi connectivity index (χ0v) is 13.0. The summed E-state index contributed by atoms with van der Waals surface area (Å²) in [6.07, 6.45) is 14.1. The second-order valence-corrected chi connectivity index (χ2v) is 6.08. The van der Waals surface area contributed by atoms with E-state index < -0.39 is 0 Å². The first-order valence-electron chi connectivity index (χ1n) is 8.41. The van der Waals surface area contributed by atoms with E-state index in [-0.39, 0.29) is 5.97 Å². The molecule has 0 atom stereocenters. The Bertz CT molecular complexity index is 229. The minimum absolute atomic E-state index is 0.0254. The van der Waals surface area contributed by atoms with Crippen molar-refractivity contribution < 1.29 is 9.53 Å². The molecule has 19 heavy (non-hydrogen) atoms. The van der Waals surface area contributed by atoms with Crippen LogP contribution >= 0.6 is 0 Å². The van der Waals surface area contributed by atoms with Crippen LogP contribution in [0.1, 0.15) is 84.5 Å². The molecule has 0 unspecified atom stereocenters. The molecular formula is C17H32O2. The van der Waals surface area contributed by atoms with Gasteiger partial charge in [-0.3, -0.25) is 4.79 Å². The molecule has 1 saturated carbocycles. The Hall–Kier alpha value is -0.530. The van der Waals surface area contributed by atoms with Gasteiger partial charge in [-0.2, -0.15) is 0 Å². The van der Waals surface area contributed by atoms with Crippen molar-refractivity contribution in [1.29, 1.82) is 0 Å². The van der Waals surface area contributed by atoms with Gasteiger partial charge in [0.15, 0.2) is 0 Å². The number of ether oxygens (including phenoxy) is 1. The first kappa shape index (κ1) is 16.5. The van der Waals surface area contributed by atoms with E-state index in [1.54, 1.807) is 0 Å². The lowest BCUT2D eigenvalue weighted by atomic mass is 9.78. The van der Waals surface area contributed by atoms with Gasteiger partial charge in [-0.15, -0.1) is 0 Å². The van der Waals surface area contributed by atoms with Gasteiger partial charge in [-0.05, 0) is 25.2 Å². The fourth-order valence-electron chi connectivity index (χ4n) is 3.33. The predicted molar refractivity (Wildman–Crippen MR) is 80.1 cm³/mol. The number of unbranched alkanes of at least 4 members (excludes halogenated alkanes) is 2. The fourth-order valence-corrected chi connectivity index (χ4v) is 3.33. The molecule has 112 valence electrons. The summed E-state index contributed by atoms with van der Waals surface area (Å²) in [6, 6.07) is 0. The second-order valence-electron chi connectivity index (χ2n) is 6.08. The Balaban J connectivity index is 1.95. The van der Waals surface area contributed by atoms with E-state index in [4.69, 9.17) is 4.74 Å². The largest absolute Gasteiger partial charge is 0.466 e. The van der Waals surface area contributed by atoms with Crippen LogP contribution in [0.15, 0.2) is 0 Å². The molecule has 2 nitrogen and oxygen atoms in total. The number of esters is 1. The van der Waals surface area contributed by atoms with Crippen LogP contribution in [0.5, 0.6) is 0 Å². The summed E-state index contributed by atoms with van der Waals surface area (Å²) in [6.45, 7) is 4.68. The van der Waals surface area contributed by atoms with Gasteiger partial charge in [-0.1, -0.05) is 64.7 Å². The van der Waals surface area contributed by atoms with Crippen molar-refractivity contribution in [2.24, 2.45) is 11.8 Å². The molecule has 0 aromatic carbocycles. The van der Waals surface area contributed by atoms with Gasteiger partial charge in [0.1, 0.15) is 0 Å². The first-order chi connectivity index (χ1) is 9.26. The topological polar surface area (TPSA) is 26.3 Å². The highest BCUT2D eigenvalue weighted by Crippen LogP contribution is 2.34. The zero-order chi connectivity index (χ0) is 13.9. The molecule has 2 heteroatoms. The van der Waals surface area contributed by atoms with E-state index in [9.17, 15) is 4.79 Å². The third-order valence-electron chi connectivity index (χ3n) is 4.46. The third-order valence-corrected chi connectivity index (χ3v) is 4.46. The van der Waals surface area contributed by atoms with Crippen molar-refractivity contribution in [2.75, 3.05) is 6.61 Å². The molecule has 0 spiro atoms. The van der Waals surface area contributed by atoms with Gasteiger partial charge in [-0.25, -0.2) is 0 Å². The lowest BCUT2D eigenvalue weighted by Gasteiger charge is -2.28. The van der Waals surface area contributed by atoms with Gasteiger partial charge in [0, 0.05) is 6.42 Å². The summed E-state index contributed by atoms with van der Waals surface area (Å²) < 4.78 is 4.93. The molecule has 1 aliphatic carbocycles. The van der Waals surface area contributed by atoms with E-state index in [1.807, 2.05) is 6.92 Å². The second kappa shape index (κ2) is 10.3. The highest BCUT2D eigenvalue weighted by atomic mass is 16.5. The molecule has 1 rings (SSSR count). The monoisotopic (exact) mass is 268 g/mol. The Kier molecular flexibility index (Phi) is 8.94. The van der Waals surface area contributed by atoms with Gasteiger partial charge < -0.3 is 4.74 Å². The smallest absolute Gasteiger partial charge is 0.305 e. The number of hydrogen-bond donors (Lipinski definition) is 0. The van der Waals surface area contributed by atoms with Gasteiger partial charge in [0.25, 0.3) is 0 Å². The van der Waals surface area contributed by atoms with Crippen LogP contribution in [0.25, 0.3) is 0 Å². The van der Waals surface area contributed by atoms with Gasteiger partial charge >= 0.3 is 5.97 Å². The summed E-state index contributed by atoms with van der Waals surface area (Å²) in [7, 11) is 0. The number of carbonyl (C=O) groups is 1. The average molecular weight is 268 g/mol. The van der Waals surface area contributed by atoms with Crippen LogP contribution in [0, 0.1) is 11.8 Å². The van der Waals surface area contributed by atoms with Gasteiger partial charge in [0.05, 0.1) is 6.61 Å². The average Bonchev–Trinajstić information content (AvgIpc) is 2.41. The van der Waals surface area contributed by atoms with Crippen LogP contribution in [-0.2, 0) is 9.53 Å². The van der Waals surface area contributed by atoms with Crippen LogP contribution in [0.4, 0.5) is 0 Å². The molecule has 0 aromatic heterocycles. The highest BCUT2D eigenvalue weighted by Gasteiger charge is 2.19. The van der Waals surface area contributed by atoms with Crippen LogP contribution < -0.4 is 0 Å².